The van der Waals surface area contributed by atoms with Crippen molar-refractivity contribution in [3.05, 3.63) is 30.6 Å². The molecule has 0 bridgehead atoms. The molecule has 0 unspecified atom stereocenters. The van der Waals surface area contributed by atoms with Gasteiger partial charge in [0.05, 0.1) is 0 Å². The lowest BCUT2D eigenvalue weighted by molar-refractivity contribution is 0.174. The Kier molecular flexibility index (Phi) is 1.56. The summed E-state index contributed by atoms with van der Waals surface area (Å²) in [5.74, 6) is 1.67. The Bertz CT molecular complexity index is 482. The maximum atomic E-state index is 5.58. The molecule has 0 radical (unpaired) electrons. The first-order valence-corrected chi connectivity index (χ1v) is 4.57. The van der Waals surface area contributed by atoms with E-state index in [9.17, 15) is 0 Å². The molecule has 0 N–H and O–H groups in total. The van der Waals surface area contributed by atoms with E-state index in [2.05, 4.69) is 4.98 Å². The summed E-state index contributed by atoms with van der Waals surface area (Å²) in [6.45, 7) is 1.25. The lowest BCUT2D eigenvalue weighted by Crippen LogP contribution is -2.15. The molecule has 1 aliphatic heterocycles. The van der Waals surface area contributed by atoms with Gasteiger partial charge in [0.15, 0.2) is 11.5 Å². The van der Waals surface area contributed by atoms with Gasteiger partial charge in [0.2, 0.25) is 0 Å². The number of ether oxygens (including phenoxy) is 2. The molecule has 0 saturated heterocycles. The van der Waals surface area contributed by atoms with Crippen molar-refractivity contribution in [2.75, 3.05) is 13.2 Å². The first kappa shape index (κ1) is 7.62. The normalized spacial score (nSPS) is 14.3. The van der Waals surface area contributed by atoms with E-state index in [0.717, 1.165) is 22.3 Å². The van der Waals surface area contributed by atoms with Gasteiger partial charge in [0.1, 0.15) is 13.2 Å². The van der Waals surface area contributed by atoms with Gasteiger partial charge in [-0.3, -0.25) is 4.98 Å². The van der Waals surface area contributed by atoms with Crippen LogP contribution in [0.15, 0.2) is 30.6 Å². The molecule has 0 atom stereocenters. The van der Waals surface area contributed by atoms with Gasteiger partial charge < -0.3 is 9.47 Å². The minimum atomic E-state index is 0.619. The van der Waals surface area contributed by atoms with Gasteiger partial charge in [-0.25, -0.2) is 0 Å². The number of rotatable bonds is 0. The van der Waals surface area contributed by atoms with Crippen LogP contribution in [-0.2, 0) is 0 Å². The van der Waals surface area contributed by atoms with Gasteiger partial charge in [-0.15, -0.1) is 0 Å². The second-order valence-corrected chi connectivity index (χ2v) is 3.19. The maximum absolute atomic E-state index is 5.58. The highest BCUT2D eigenvalue weighted by atomic mass is 16.6. The molecule has 14 heavy (non-hydrogen) atoms. The van der Waals surface area contributed by atoms with E-state index in [0.29, 0.717) is 13.2 Å². The van der Waals surface area contributed by atoms with Crippen molar-refractivity contribution in [3.8, 4) is 11.5 Å². The maximum Gasteiger partial charge on any atom is 0.169 e. The fourth-order valence-corrected chi connectivity index (χ4v) is 1.68. The molecular weight excluding hydrogens is 178 g/mol. The number of hydrogen-bond acceptors (Lipinski definition) is 3. The van der Waals surface area contributed by atoms with E-state index in [4.69, 9.17) is 9.47 Å². The zero-order chi connectivity index (χ0) is 9.38. The van der Waals surface area contributed by atoms with Crippen LogP contribution in [0.4, 0.5) is 0 Å². The Morgan fingerprint density at radius 2 is 2.00 bits per heavy atom. The summed E-state index contributed by atoms with van der Waals surface area (Å²) in [4.78, 5) is 4.07. The summed E-state index contributed by atoms with van der Waals surface area (Å²) in [7, 11) is 0. The van der Waals surface area contributed by atoms with Crippen molar-refractivity contribution >= 4 is 10.8 Å². The minimum Gasteiger partial charge on any atom is -0.486 e. The molecule has 3 nitrogen and oxygen atoms in total. The summed E-state index contributed by atoms with van der Waals surface area (Å²) in [5.41, 5.74) is 0. The molecule has 3 heteroatoms. The summed E-state index contributed by atoms with van der Waals surface area (Å²) in [6, 6.07) is 5.87. The summed E-state index contributed by atoms with van der Waals surface area (Å²) in [6.07, 6.45) is 3.59. The highest BCUT2D eigenvalue weighted by Gasteiger charge is 2.14. The molecule has 70 valence electrons. The van der Waals surface area contributed by atoms with Gasteiger partial charge in [-0.2, -0.15) is 0 Å². The fourth-order valence-electron chi connectivity index (χ4n) is 1.68. The van der Waals surface area contributed by atoms with E-state index < -0.39 is 0 Å². The number of aromatic nitrogens is 1. The predicted molar refractivity (Wildman–Crippen MR) is 52.7 cm³/mol. The molecule has 2 heterocycles. The average molecular weight is 187 g/mol. The number of nitrogens with zero attached hydrogens (tertiary/aromatic N) is 1. The largest absolute Gasteiger partial charge is 0.486 e. The van der Waals surface area contributed by atoms with Gasteiger partial charge in [-0.1, -0.05) is 0 Å². The highest BCUT2D eigenvalue weighted by Crippen LogP contribution is 2.36. The van der Waals surface area contributed by atoms with Crippen LogP contribution in [0.5, 0.6) is 11.5 Å². The molecule has 0 spiro atoms. The van der Waals surface area contributed by atoms with Crippen molar-refractivity contribution in [1.29, 1.82) is 0 Å². The van der Waals surface area contributed by atoms with Crippen LogP contribution in [0.3, 0.4) is 0 Å². The SMILES string of the molecule is c1cc2c3c(ccc2cn1)OCCO3. The topological polar surface area (TPSA) is 31.4 Å². The Hall–Kier alpha value is -1.77. The van der Waals surface area contributed by atoms with Crippen molar-refractivity contribution < 1.29 is 9.47 Å². The Balaban J connectivity index is 2.34. The van der Waals surface area contributed by atoms with Crippen LogP contribution in [0.25, 0.3) is 10.8 Å². The number of pyridine rings is 1. The molecule has 1 aromatic carbocycles. The number of benzene rings is 1. The smallest absolute Gasteiger partial charge is 0.169 e. The van der Waals surface area contributed by atoms with Crippen molar-refractivity contribution in [3.63, 3.8) is 0 Å². The van der Waals surface area contributed by atoms with Crippen molar-refractivity contribution in [1.82, 2.24) is 4.98 Å². The molecule has 0 aliphatic carbocycles. The second-order valence-electron chi connectivity index (χ2n) is 3.19. The first-order valence-electron chi connectivity index (χ1n) is 4.57. The lowest BCUT2D eigenvalue weighted by Gasteiger charge is -2.19. The van der Waals surface area contributed by atoms with Crippen LogP contribution >= 0.6 is 0 Å². The lowest BCUT2D eigenvalue weighted by atomic mass is 10.1. The third-order valence-electron chi connectivity index (χ3n) is 2.32. The van der Waals surface area contributed by atoms with Gasteiger partial charge >= 0.3 is 0 Å². The zero-order valence-corrected chi connectivity index (χ0v) is 7.56. The van der Waals surface area contributed by atoms with Crippen LogP contribution in [0.2, 0.25) is 0 Å². The van der Waals surface area contributed by atoms with E-state index in [-0.39, 0.29) is 0 Å². The third kappa shape index (κ3) is 1.02. The molecule has 0 amide bonds. The van der Waals surface area contributed by atoms with Crippen LogP contribution in [-0.4, -0.2) is 18.2 Å². The molecular formula is C11H9NO2. The highest BCUT2D eigenvalue weighted by molar-refractivity contribution is 5.90. The fraction of sp³-hybridized carbons (Fsp3) is 0.182. The van der Waals surface area contributed by atoms with E-state index >= 15 is 0 Å². The van der Waals surface area contributed by atoms with Gasteiger partial charge in [0, 0.05) is 23.2 Å². The summed E-state index contributed by atoms with van der Waals surface area (Å²) >= 11 is 0. The monoisotopic (exact) mass is 187 g/mol. The summed E-state index contributed by atoms with van der Waals surface area (Å²) in [5, 5.41) is 2.15. The van der Waals surface area contributed by atoms with Crippen molar-refractivity contribution in [2.45, 2.75) is 0 Å². The quantitative estimate of drug-likeness (QED) is 0.632. The van der Waals surface area contributed by atoms with Crippen LogP contribution < -0.4 is 9.47 Å². The molecule has 2 aromatic rings. The Morgan fingerprint density at radius 1 is 1.07 bits per heavy atom. The Labute approximate surface area is 81.3 Å². The molecule has 1 aromatic heterocycles. The standard InChI is InChI=1S/C11H9NO2/c1-2-10-11(14-6-5-13-10)9-3-4-12-7-8(1)9/h1-4,7H,5-6H2. The summed E-state index contributed by atoms with van der Waals surface area (Å²) < 4.78 is 11.1. The number of hydrogen-bond donors (Lipinski definition) is 0. The van der Waals surface area contributed by atoms with E-state index in [1.165, 1.54) is 0 Å². The van der Waals surface area contributed by atoms with Gasteiger partial charge in [0.25, 0.3) is 0 Å². The third-order valence-corrected chi connectivity index (χ3v) is 2.32. The Morgan fingerprint density at radius 3 is 3.00 bits per heavy atom. The average Bonchev–Trinajstić information content (AvgIpc) is 2.29. The van der Waals surface area contributed by atoms with Gasteiger partial charge in [-0.05, 0) is 18.2 Å². The van der Waals surface area contributed by atoms with Crippen LogP contribution in [0, 0.1) is 0 Å². The minimum absolute atomic E-state index is 0.619. The van der Waals surface area contributed by atoms with Crippen LogP contribution in [0.1, 0.15) is 0 Å². The molecule has 0 saturated carbocycles. The van der Waals surface area contributed by atoms with Crippen molar-refractivity contribution in [2.24, 2.45) is 0 Å². The number of fused-ring (bicyclic) bond motifs is 3. The first-order chi connectivity index (χ1) is 6.95. The van der Waals surface area contributed by atoms with E-state index in [1.807, 2.05) is 24.4 Å². The predicted octanol–water partition coefficient (Wildman–Crippen LogP) is 2.01. The molecule has 3 rings (SSSR count). The second kappa shape index (κ2) is 2.87. The van der Waals surface area contributed by atoms with E-state index in [1.54, 1.807) is 6.20 Å². The molecule has 0 fully saturated rings. The zero-order valence-electron chi connectivity index (χ0n) is 7.56. The molecule has 1 aliphatic rings.